The molecule has 1 aromatic heterocycles. The van der Waals surface area contributed by atoms with Crippen LogP contribution in [0, 0.1) is 0 Å². The van der Waals surface area contributed by atoms with Gasteiger partial charge in [0, 0.05) is 30.7 Å². The summed E-state index contributed by atoms with van der Waals surface area (Å²) in [5.74, 6) is -2.51. The van der Waals surface area contributed by atoms with E-state index in [4.69, 9.17) is 25.8 Å². The SMILES string of the molecule is COC1=C(OC)C(=O)C(Cc2ccc(OC(C)=O)c(C(=O)Nc3cccnc3Cl)c2)=C(C)C1=O. The molecular weight excluding hydrogens is 464 g/mol. The van der Waals surface area contributed by atoms with Gasteiger partial charge in [-0.05, 0) is 36.8 Å². The molecule has 176 valence electrons. The molecule has 1 aromatic carbocycles. The molecule has 1 aliphatic rings. The molecule has 1 aliphatic carbocycles. The minimum atomic E-state index is -0.616. The molecule has 0 atom stereocenters. The summed E-state index contributed by atoms with van der Waals surface area (Å²) in [6, 6.07) is 7.66. The van der Waals surface area contributed by atoms with Gasteiger partial charge in [-0.2, -0.15) is 0 Å². The molecule has 1 amide bonds. The van der Waals surface area contributed by atoms with Gasteiger partial charge in [0.05, 0.1) is 25.5 Å². The number of aromatic nitrogens is 1. The minimum absolute atomic E-state index is 0.0182. The zero-order valence-corrected chi connectivity index (χ0v) is 19.6. The largest absolute Gasteiger partial charge is 0.489 e. The van der Waals surface area contributed by atoms with Crippen LogP contribution in [0.2, 0.25) is 5.15 Å². The third kappa shape index (κ3) is 4.99. The maximum atomic E-state index is 13.0. The topological polar surface area (TPSA) is 121 Å². The Hall–Kier alpha value is -3.98. The van der Waals surface area contributed by atoms with Gasteiger partial charge in [-0.25, -0.2) is 4.98 Å². The highest BCUT2D eigenvalue weighted by atomic mass is 35.5. The number of hydrogen-bond acceptors (Lipinski definition) is 8. The van der Waals surface area contributed by atoms with Crippen molar-refractivity contribution in [2.24, 2.45) is 0 Å². The molecule has 0 spiro atoms. The molecule has 10 heteroatoms. The van der Waals surface area contributed by atoms with Crippen molar-refractivity contribution in [3.63, 3.8) is 0 Å². The van der Waals surface area contributed by atoms with Crippen LogP contribution in [0.15, 0.2) is 59.2 Å². The standard InChI is InChI=1S/C24H21ClN2O7/c1-12-15(20(30)22(33-4)21(32-3)19(12)29)10-14-7-8-18(34-13(2)28)16(11-14)24(31)27-17-6-5-9-26-23(17)25/h5-9,11H,10H2,1-4H3,(H,27,31). The van der Waals surface area contributed by atoms with E-state index in [2.05, 4.69) is 10.3 Å². The fourth-order valence-corrected chi connectivity index (χ4v) is 3.55. The summed E-state index contributed by atoms with van der Waals surface area (Å²) in [5.41, 5.74) is 1.22. The number of nitrogens with one attached hydrogen (secondary N) is 1. The Morgan fingerprint density at radius 1 is 1.06 bits per heavy atom. The minimum Gasteiger partial charge on any atom is -0.489 e. The van der Waals surface area contributed by atoms with Crippen molar-refractivity contribution < 1.29 is 33.4 Å². The molecule has 0 saturated carbocycles. The number of carbonyl (C=O) groups is 4. The van der Waals surface area contributed by atoms with E-state index in [9.17, 15) is 19.2 Å². The maximum absolute atomic E-state index is 13.0. The molecule has 0 radical (unpaired) electrons. The van der Waals surface area contributed by atoms with Crippen LogP contribution in [-0.4, -0.2) is 42.6 Å². The average molecular weight is 485 g/mol. The second kappa shape index (κ2) is 10.3. The van der Waals surface area contributed by atoms with Crippen molar-refractivity contribution in [3.05, 3.63) is 75.5 Å². The van der Waals surface area contributed by atoms with E-state index in [1.165, 1.54) is 46.4 Å². The molecule has 34 heavy (non-hydrogen) atoms. The lowest BCUT2D eigenvalue weighted by Crippen LogP contribution is -2.26. The van der Waals surface area contributed by atoms with E-state index in [0.717, 1.165) is 0 Å². The number of nitrogens with zero attached hydrogens (tertiary/aromatic N) is 1. The summed E-state index contributed by atoms with van der Waals surface area (Å²) in [7, 11) is 2.56. The summed E-state index contributed by atoms with van der Waals surface area (Å²) in [4.78, 5) is 54.1. The van der Waals surface area contributed by atoms with Gasteiger partial charge >= 0.3 is 5.97 Å². The third-order valence-corrected chi connectivity index (χ3v) is 5.33. The van der Waals surface area contributed by atoms with Gasteiger partial charge in [0.25, 0.3) is 5.91 Å². The van der Waals surface area contributed by atoms with Gasteiger partial charge in [-0.15, -0.1) is 0 Å². The summed E-state index contributed by atoms with van der Waals surface area (Å²) >= 11 is 6.02. The molecule has 3 rings (SSSR count). The van der Waals surface area contributed by atoms with E-state index in [-0.39, 0.29) is 51.2 Å². The Bertz CT molecular complexity index is 1260. The van der Waals surface area contributed by atoms with Crippen LogP contribution in [0.4, 0.5) is 5.69 Å². The van der Waals surface area contributed by atoms with E-state index in [0.29, 0.717) is 5.56 Å². The second-order valence-corrected chi connectivity index (χ2v) is 7.58. The van der Waals surface area contributed by atoms with Crippen LogP contribution in [0.1, 0.15) is 29.8 Å². The van der Waals surface area contributed by atoms with Gasteiger partial charge < -0.3 is 19.5 Å². The predicted octanol–water partition coefficient (Wildman–Crippen LogP) is 3.43. The van der Waals surface area contributed by atoms with E-state index >= 15 is 0 Å². The smallest absolute Gasteiger partial charge is 0.308 e. The number of pyridine rings is 1. The van der Waals surface area contributed by atoms with Gasteiger partial charge in [0.15, 0.2) is 5.15 Å². The molecule has 0 unspecified atom stereocenters. The molecule has 0 bridgehead atoms. The van der Waals surface area contributed by atoms with Gasteiger partial charge in [0.1, 0.15) is 5.75 Å². The van der Waals surface area contributed by atoms with E-state index < -0.39 is 23.4 Å². The Morgan fingerprint density at radius 3 is 2.35 bits per heavy atom. The number of carbonyl (C=O) groups excluding carboxylic acids is 4. The first-order valence-corrected chi connectivity index (χ1v) is 10.4. The highest BCUT2D eigenvalue weighted by Crippen LogP contribution is 2.30. The van der Waals surface area contributed by atoms with Crippen LogP contribution in [-0.2, 0) is 30.3 Å². The molecule has 9 nitrogen and oxygen atoms in total. The quantitative estimate of drug-likeness (QED) is 0.274. The van der Waals surface area contributed by atoms with Crippen LogP contribution < -0.4 is 10.1 Å². The van der Waals surface area contributed by atoms with Gasteiger partial charge in [-0.3, -0.25) is 19.2 Å². The molecule has 1 heterocycles. The number of ether oxygens (including phenoxy) is 3. The van der Waals surface area contributed by atoms with Crippen molar-refractivity contribution >= 4 is 40.7 Å². The van der Waals surface area contributed by atoms with Crippen LogP contribution in [0.25, 0.3) is 0 Å². The van der Waals surface area contributed by atoms with Crippen LogP contribution >= 0.6 is 11.6 Å². The molecule has 0 saturated heterocycles. The number of rotatable bonds is 7. The number of allylic oxidation sites excluding steroid dienone is 2. The lowest BCUT2D eigenvalue weighted by Gasteiger charge is -2.20. The Kier molecular flexibility index (Phi) is 7.47. The zero-order chi connectivity index (χ0) is 25.0. The first-order chi connectivity index (χ1) is 16.2. The van der Waals surface area contributed by atoms with Gasteiger partial charge in [0.2, 0.25) is 23.1 Å². The summed E-state index contributed by atoms with van der Waals surface area (Å²) < 4.78 is 15.3. The average Bonchev–Trinajstić information content (AvgIpc) is 2.80. The number of benzene rings is 1. The highest BCUT2D eigenvalue weighted by molar-refractivity contribution is 6.32. The lowest BCUT2D eigenvalue weighted by atomic mass is 9.88. The fraction of sp³-hybridized carbons (Fsp3) is 0.208. The number of halogens is 1. The normalized spacial score (nSPS) is 13.7. The first-order valence-electron chi connectivity index (χ1n) is 10.0. The number of methoxy groups -OCH3 is 2. The summed E-state index contributed by atoms with van der Waals surface area (Å²) in [5, 5.41) is 2.71. The number of esters is 1. The lowest BCUT2D eigenvalue weighted by molar-refractivity contribution is -0.131. The van der Waals surface area contributed by atoms with Crippen molar-refractivity contribution in [2.75, 3.05) is 19.5 Å². The van der Waals surface area contributed by atoms with Crippen molar-refractivity contribution in [1.82, 2.24) is 4.98 Å². The van der Waals surface area contributed by atoms with E-state index in [1.54, 1.807) is 18.2 Å². The summed E-state index contributed by atoms with van der Waals surface area (Å²) in [6.07, 6.45) is 1.49. The second-order valence-electron chi connectivity index (χ2n) is 7.23. The third-order valence-electron chi connectivity index (χ3n) is 5.02. The molecule has 0 aliphatic heterocycles. The Balaban J connectivity index is 1.99. The Labute approximate surface area is 200 Å². The predicted molar refractivity (Wildman–Crippen MR) is 122 cm³/mol. The zero-order valence-electron chi connectivity index (χ0n) is 18.9. The van der Waals surface area contributed by atoms with E-state index in [1.807, 2.05) is 0 Å². The van der Waals surface area contributed by atoms with Crippen molar-refractivity contribution in [2.45, 2.75) is 20.3 Å². The fourth-order valence-electron chi connectivity index (χ4n) is 3.39. The maximum Gasteiger partial charge on any atom is 0.308 e. The number of amides is 1. The van der Waals surface area contributed by atoms with Crippen molar-refractivity contribution in [1.29, 1.82) is 0 Å². The highest BCUT2D eigenvalue weighted by Gasteiger charge is 2.34. The number of hydrogen-bond donors (Lipinski definition) is 1. The number of ketones is 2. The van der Waals surface area contributed by atoms with Gasteiger partial charge in [-0.1, -0.05) is 17.7 Å². The van der Waals surface area contributed by atoms with Crippen molar-refractivity contribution in [3.8, 4) is 5.75 Å². The molecular formula is C24H21ClN2O7. The number of Topliss-reactive ketones (excluding diaryl/α,β-unsaturated/α-hetero) is 2. The first kappa shape index (κ1) is 24.7. The molecule has 1 N–H and O–H groups in total. The summed E-state index contributed by atoms with van der Waals surface area (Å²) in [6.45, 7) is 2.73. The monoisotopic (exact) mass is 484 g/mol. The molecule has 2 aromatic rings. The number of anilines is 1. The van der Waals surface area contributed by atoms with Crippen LogP contribution in [0.5, 0.6) is 5.75 Å². The Morgan fingerprint density at radius 2 is 1.74 bits per heavy atom. The molecule has 0 fully saturated rings. The van der Waals surface area contributed by atoms with Crippen LogP contribution in [0.3, 0.4) is 0 Å².